The van der Waals surface area contributed by atoms with E-state index in [1.165, 1.54) is 0 Å². The Morgan fingerprint density at radius 1 is 1.43 bits per heavy atom. The molecule has 0 N–H and O–H groups in total. The number of hydrogen-bond donors (Lipinski definition) is 0. The zero-order chi connectivity index (χ0) is 10.9. The predicted molar refractivity (Wildman–Crippen MR) is 55.8 cm³/mol. The van der Waals surface area contributed by atoms with Gasteiger partial charge in [-0.1, -0.05) is 18.6 Å². The van der Waals surface area contributed by atoms with Gasteiger partial charge >= 0.3 is 0 Å². The third-order valence-corrected chi connectivity index (χ3v) is 4.54. The van der Waals surface area contributed by atoms with Crippen LogP contribution in [0.3, 0.4) is 0 Å². The van der Waals surface area contributed by atoms with Gasteiger partial charge in [0.15, 0.2) is 9.84 Å². The van der Waals surface area contributed by atoms with E-state index in [1.54, 1.807) is 6.08 Å². The molecule has 14 heavy (non-hydrogen) atoms. The maximum Gasteiger partial charge on any atom is 0.164 e. The van der Waals surface area contributed by atoms with E-state index >= 15 is 0 Å². The van der Waals surface area contributed by atoms with Gasteiger partial charge in [-0.05, 0) is 19.8 Å². The Morgan fingerprint density at radius 2 is 2.00 bits per heavy atom. The summed E-state index contributed by atoms with van der Waals surface area (Å²) in [6.45, 7) is 5.57. The molecule has 3 nitrogen and oxygen atoms in total. The summed E-state index contributed by atoms with van der Waals surface area (Å²) < 4.78 is 23.3. The summed E-state index contributed by atoms with van der Waals surface area (Å²) >= 11 is 0. The lowest BCUT2D eigenvalue weighted by molar-refractivity contribution is -0.117. The molecule has 1 aliphatic rings. The third kappa shape index (κ3) is 2.44. The van der Waals surface area contributed by atoms with Gasteiger partial charge in [0.05, 0.1) is 5.25 Å². The number of Topliss-reactive ketones (excluding diaryl/α,β-unsaturated/α-hetero) is 1. The van der Waals surface area contributed by atoms with E-state index in [0.29, 0.717) is 6.42 Å². The molecule has 1 aliphatic heterocycles. The van der Waals surface area contributed by atoms with Crippen LogP contribution in [0.5, 0.6) is 0 Å². The molecule has 4 heteroatoms. The van der Waals surface area contributed by atoms with Gasteiger partial charge in [0.1, 0.15) is 11.5 Å². The SMILES string of the molecule is CC(C)=CC1C(C)CC(=O)CS1(=O)=O. The molecular formula is C10H16O3S. The number of allylic oxidation sites excluding steroid dienone is 1. The number of carbonyl (C=O) groups is 1. The quantitative estimate of drug-likeness (QED) is 0.622. The molecule has 80 valence electrons. The second-order valence-corrected chi connectivity index (χ2v) is 6.39. The van der Waals surface area contributed by atoms with Crippen LogP contribution in [-0.4, -0.2) is 25.2 Å². The van der Waals surface area contributed by atoms with Crippen molar-refractivity contribution in [3.05, 3.63) is 11.6 Å². The molecule has 0 amide bonds. The summed E-state index contributed by atoms with van der Waals surface area (Å²) in [6.07, 6.45) is 2.14. The number of ketones is 1. The zero-order valence-electron chi connectivity index (χ0n) is 8.78. The van der Waals surface area contributed by atoms with Gasteiger partial charge < -0.3 is 0 Å². The van der Waals surface area contributed by atoms with Crippen LogP contribution in [-0.2, 0) is 14.6 Å². The molecule has 1 heterocycles. The van der Waals surface area contributed by atoms with Crippen molar-refractivity contribution in [3.8, 4) is 0 Å². The first-order valence-corrected chi connectivity index (χ1v) is 6.43. The average Bonchev–Trinajstić information content (AvgIpc) is 1.95. The van der Waals surface area contributed by atoms with Gasteiger partial charge in [0.25, 0.3) is 0 Å². The topological polar surface area (TPSA) is 51.2 Å². The summed E-state index contributed by atoms with van der Waals surface area (Å²) in [4.78, 5) is 11.1. The van der Waals surface area contributed by atoms with E-state index in [-0.39, 0.29) is 17.5 Å². The molecule has 1 saturated heterocycles. The van der Waals surface area contributed by atoms with Gasteiger partial charge in [0, 0.05) is 6.42 Å². The van der Waals surface area contributed by atoms with Gasteiger partial charge in [-0.15, -0.1) is 0 Å². The van der Waals surface area contributed by atoms with Crippen LogP contribution in [0.4, 0.5) is 0 Å². The van der Waals surface area contributed by atoms with Crippen molar-refractivity contribution >= 4 is 15.6 Å². The van der Waals surface area contributed by atoms with E-state index < -0.39 is 15.1 Å². The maximum absolute atomic E-state index is 11.7. The Balaban J connectivity index is 3.04. The molecule has 0 bridgehead atoms. The minimum Gasteiger partial charge on any atom is -0.299 e. The largest absolute Gasteiger partial charge is 0.299 e. The molecule has 0 saturated carbocycles. The highest BCUT2D eigenvalue weighted by Gasteiger charge is 2.36. The first-order chi connectivity index (χ1) is 6.33. The molecule has 0 aliphatic carbocycles. The molecule has 0 radical (unpaired) electrons. The second kappa shape index (κ2) is 3.85. The van der Waals surface area contributed by atoms with E-state index in [2.05, 4.69) is 0 Å². The molecule has 1 rings (SSSR count). The van der Waals surface area contributed by atoms with Gasteiger partial charge in [-0.3, -0.25) is 4.79 Å². The Morgan fingerprint density at radius 3 is 2.43 bits per heavy atom. The fourth-order valence-electron chi connectivity index (χ4n) is 1.81. The van der Waals surface area contributed by atoms with Crippen LogP contribution in [0, 0.1) is 5.92 Å². The van der Waals surface area contributed by atoms with Crippen LogP contribution < -0.4 is 0 Å². The van der Waals surface area contributed by atoms with Crippen LogP contribution in [0.2, 0.25) is 0 Å². The van der Waals surface area contributed by atoms with Gasteiger partial charge in [0.2, 0.25) is 0 Å². The van der Waals surface area contributed by atoms with Crippen molar-refractivity contribution in [2.45, 2.75) is 32.4 Å². The van der Waals surface area contributed by atoms with E-state index in [0.717, 1.165) is 5.57 Å². The van der Waals surface area contributed by atoms with Crippen molar-refractivity contribution < 1.29 is 13.2 Å². The Labute approximate surface area is 85.1 Å². The normalized spacial score (nSPS) is 31.2. The Hall–Kier alpha value is -0.640. The lowest BCUT2D eigenvalue weighted by atomic mass is 9.99. The summed E-state index contributed by atoms with van der Waals surface area (Å²) in [5.74, 6) is -0.529. The zero-order valence-corrected chi connectivity index (χ0v) is 9.60. The molecule has 2 unspecified atom stereocenters. The van der Waals surface area contributed by atoms with Gasteiger partial charge in [-0.2, -0.15) is 0 Å². The lowest BCUT2D eigenvalue weighted by Crippen LogP contribution is -2.38. The summed E-state index contributed by atoms with van der Waals surface area (Å²) in [5.41, 5.74) is 0.986. The Kier molecular flexibility index (Phi) is 3.14. The van der Waals surface area contributed by atoms with Crippen molar-refractivity contribution in [2.24, 2.45) is 5.92 Å². The number of sulfone groups is 1. The van der Waals surface area contributed by atoms with E-state index in [4.69, 9.17) is 0 Å². The minimum absolute atomic E-state index is 0.0869. The minimum atomic E-state index is -3.24. The third-order valence-electron chi connectivity index (χ3n) is 2.38. The van der Waals surface area contributed by atoms with Crippen LogP contribution >= 0.6 is 0 Å². The summed E-state index contributed by atoms with van der Waals surface area (Å²) in [6, 6.07) is 0. The standard InChI is InChI=1S/C10H16O3S/c1-7(2)4-10-8(3)5-9(11)6-14(10,12)13/h4,8,10H,5-6H2,1-3H3. The molecular weight excluding hydrogens is 200 g/mol. The number of hydrogen-bond acceptors (Lipinski definition) is 3. The lowest BCUT2D eigenvalue weighted by Gasteiger charge is -2.25. The predicted octanol–water partition coefficient (Wildman–Crippen LogP) is 1.34. The fourth-order valence-corrected chi connectivity index (χ4v) is 3.85. The molecule has 0 aromatic carbocycles. The summed E-state index contributed by atoms with van der Waals surface area (Å²) in [5, 5.41) is -0.467. The van der Waals surface area contributed by atoms with Crippen molar-refractivity contribution in [3.63, 3.8) is 0 Å². The molecule has 0 aromatic rings. The smallest absolute Gasteiger partial charge is 0.164 e. The highest BCUT2D eigenvalue weighted by atomic mass is 32.2. The van der Waals surface area contributed by atoms with Crippen LogP contribution in [0.1, 0.15) is 27.2 Å². The average molecular weight is 216 g/mol. The Bertz CT molecular complexity index is 361. The number of rotatable bonds is 1. The molecule has 1 fully saturated rings. The molecule has 0 spiro atoms. The first-order valence-electron chi connectivity index (χ1n) is 4.71. The summed E-state index contributed by atoms with van der Waals surface area (Å²) in [7, 11) is -3.24. The van der Waals surface area contributed by atoms with Crippen molar-refractivity contribution in [1.82, 2.24) is 0 Å². The fraction of sp³-hybridized carbons (Fsp3) is 0.700. The second-order valence-electron chi connectivity index (χ2n) is 4.24. The highest BCUT2D eigenvalue weighted by molar-refractivity contribution is 7.93. The van der Waals surface area contributed by atoms with E-state index in [1.807, 2.05) is 20.8 Å². The molecule has 0 aromatic heterocycles. The maximum atomic E-state index is 11.7. The van der Waals surface area contributed by atoms with Crippen LogP contribution in [0.15, 0.2) is 11.6 Å². The monoisotopic (exact) mass is 216 g/mol. The van der Waals surface area contributed by atoms with Crippen LogP contribution in [0.25, 0.3) is 0 Å². The van der Waals surface area contributed by atoms with Crippen molar-refractivity contribution in [1.29, 1.82) is 0 Å². The highest BCUT2D eigenvalue weighted by Crippen LogP contribution is 2.25. The first kappa shape index (κ1) is 11.4. The van der Waals surface area contributed by atoms with E-state index in [9.17, 15) is 13.2 Å². The van der Waals surface area contributed by atoms with Gasteiger partial charge in [-0.25, -0.2) is 8.42 Å². The number of carbonyl (C=O) groups excluding carboxylic acids is 1. The molecule has 2 atom stereocenters. The van der Waals surface area contributed by atoms with Crippen molar-refractivity contribution in [2.75, 3.05) is 5.75 Å².